The van der Waals surface area contributed by atoms with Crippen molar-refractivity contribution in [2.75, 3.05) is 0 Å². The van der Waals surface area contributed by atoms with Gasteiger partial charge < -0.3 is 4.74 Å². The van der Waals surface area contributed by atoms with Crippen molar-refractivity contribution in [1.29, 1.82) is 0 Å². The van der Waals surface area contributed by atoms with Crippen molar-refractivity contribution in [3.8, 4) is 11.1 Å². The van der Waals surface area contributed by atoms with E-state index >= 15 is 0 Å². The van der Waals surface area contributed by atoms with Gasteiger partial charge in [-0.15, -0.1) is 0 Å². The molecule has 4 aromatic rings. The molecule has 0 saturated carbocycles. The Morgan fingerprint density at radius 3 is 1.57 bits per heavy atom. The molecule has 0 aliphatic carbocycles. The summed E-state index contributed by atoms with van der Waals surface area (Å²) in [4.78, 5) is 14.9. The smallest absolute Gasteiger partial charge is 0.432 e. The summed E-state index contributed by atoms with van der Waals surface area (Å²) in [5.74, 6) is -1.84. The first kappa shape index (κ1) is 33.2. The SMILES string of the molecule is CC(C)(C)c1ccc(-c2ccc([S+](c3ccccc3)c3ccc(C(=O)OC(C(F)(F)F)C(F)(F)S(=O)(=O)O)cc3)cc2)cc1. The molecule has 2 unspecified atom stereocenters. The van der Waals surface area contributed by atoms with Crippen LogP contribution in [0.3, 0.4) is 0 Å². The van der Waals surface area contributed by atoms with Gasteiger partial charge in [-0.2, -0.15) is 30.4 Å². The Kier molecular flexibility index (Phi) is 9.30. The number of carbonyl (C=O) groups excluding carboxylic acids is 1. The summed E-state index contributed by atoms with van der Waals surface area (Å²) < 4.78 is 102. The van der Waals surface area contributed by atoms with Gasteiger partial charge in [0.25, 0.3) is 6.10 Å². The third kappa shape index (κ3) is 7.31. The van der Waals surface area contributed by atoms with Gasteiger partial charge in [0, 0.05) is 0 Å². The largest absolute Gasteiger partial charge is 0.441 e. The minimum Gasteiger partial charge on any atom is -0.441 e. The fourth-order valence-corrected chi connectivity index (χ4v) is 6.79. The summed E-state index contributed by atoms with van der Waals surface area (Å²) in [5.41, 5.74) is 2.72. The van der Waals surface area contributed by atoms with Gasteiger partial charge in [0.2, 0.25) is 0 Å². The van der Waals surface area contributed by atoms with E-state index in [0.29, 0.717) is 4.90 Å². The molecule has 0 aliphatic rings. The van der Waals surface area contributed by atoms with Gasteiger partial charge in [0.1, 0.15) is 0 Å². The maximum atomic E-state index is 13.9. The molecule has 4 aromatic carbocycles. The number of benzene rings is 4. The van der Waals surface area contributed by atoms with Gasteiger partial charge in [-0.25, -0.2) is 4.79 Å². The molecule has 0 amide bonds. The molecular weight excluding hydrogens is 623 g/mol. The molecule has 0 bridgehead atoms. The van der Waals surface area contributed by atoms with Crippen LogP contribution in [-0.2, 0) is 31.2 Å². The van der Waals surface area contributed by atoms with Crippen molar-refractivity contribution in [2.45, 2.75) is 58.4 Å². The average Bonchev–Trinajstić information content (AvgIpc) is 2.95. The molecule has 1 N–H and O–H groups in total. The number of halogens is 5. The summed E-state index contributed by atoms with van der Waals surface area (Å²) in [6.07, 6.45) is -10.4. The highest BCUT2D eigenvalue weighted by Crippen LogP contribution is 2.39. The van der Waals surface area contributed by atoms with E-state index < -0.39 is 50.1 Å². The number of carbonyl (C=O) groups is 1. The Bertz CT molecular complexity index is 1700. The van der Waals surface area contributed by atoms with Crippen LogP contribution in [0.25, 0.3) is 11.1 Å². The van der Waals surface area contributed by atoms with Crippen molar-refractivity contribution >= 4 is 27.0 Å². The Balaban J connectivity index is 1.63. The molecular formula is C32H28F5O5S2+. The van der Waals surface area contributed by atoms with Crippen LogP contribution < -0.4 is 0 Å². The zero-order valence-corrected chi connectivity index (χ0v) is 25.3. The first-order valence-corrected chi connectivity index (χ1v) is 15.8. The number of alkyl halides is 5. The zero-order valence-electron chi connectivity index (χ0n) is 23.7. The quantitative estimate of drug-likeness (QED) is 0.0897. The van der Waals surface area contributed by atoms with E-state index in [1.165, 1.54) is 17.7 Å². The summed E-state index contributed by atoms with van der Waals surface area (Å²) >= 11 is 0. The molecule has 12 heteroatoms. The monoisotopic (exact) mass is 651 g/mol. The average molecular weight is 652 g/mol. The Morgan fingerprint density at radius 1 is 0.705 bits per heavy atom. The van der Waals surface area contributed by atoms with Crippen molar-refractivity contribution in [2.24, 2.45) is 0 Å². The second-order valence-corrected chi connectivity index (χ2v) is 14.4. The Morgan fingerprint density at radius 2 is 1.14 bits per heavy atom. The molecule has 232 valence electrons. The normalized spacial score (nSPS) is 14.1. The van der Waals surface area contributed by atoms with E-state index in [-0.39, 0.29) is 5.41 Å². The lowest BCUT2D eigenvalue weighted by atomic mass is 9.86. The number of ether oxygens (including phenoxy) is 1. The van der Waals surface area contributed by atoms with Crippen molar-refractivity contribution in [3.05, 3.63) is 114 Å². The highest BCUT2D eigenvalue weighted by atomic mass is 32.2. The fourth-order valence-electron chi connectivity index (χ4n) is 4.27. The third-order valence-electron chi connectivity index (χ3n) is 6.65. The lowest BCUT2D eigenvalue weighted by Gasteiger charge is -2.26. The maximum Gasteiger partial charge on any atom is 0.432 e. The second kappa shape index (κ2) is 12.3. The first-order valence-electron chi connectivity index (χ1n) is 13.1. The molecule has 0 heterocycles. The standard InChI is InChI=1S/C32H27F5O5S2/c1-30(2,3)24-15-9-21(10-16-24)22-11-17-26(18-12-22)43(25-7-5-4-6-8-25)27-19-13-23(14-20-27)28(38)42-29(31(33,34)35)32(36,37)44(39,40)41/h4-20,29H,1-3H3/p+1. The van der Waals surface area contributed by atoms with Crippen molar-refractivity contribution in [3.63, 3.8) is 0 Å². The van der Waals surface area contributed by atoms with E-state index in [2.05, 4.69) is 49.8 Å². The van der Waals surface area contributed by atoms with E-state index in [0.717, 1.165) is 33.1 Å². The van der Waals surface area contributed by atoms with Crippen LogP contribution in [0, 0.1) is 0 Å². The molecule has 5 nitrogen and oxygen atoms in total. The van der Waals surface area contributed by atoms with E-state index in [4.69, 9.17) is 4.55 Å². The first-order chi connectivity index (χ1) is 20.4. The van der Waals surface area contributed by atoms with Gasteiger partial charge in [-0.3, -0.25) is 4.55 Å². The fraction of sp³-hybridized carbons (Fsp3) is 0.219. The van der Waals surface area contributed by atoms with Gasteiger partial charge >= 0.3 is 27.5 Å². The van der Waals surface area contributed by atoms with Gasteiger partial charge in [-0.1, -0.05) is 63.2 Å². The predicted molar refractivity (Wildman–Crippen MR) is 157 cm³/mol. The molecule has 0 fully saturated rings. The lowest BCUT2D eigenvalue weighted by Crippen LogP contribution is -2.52. The van der Waals surface area contributed by atoms with Gasteiger partial charge in [0.05, 0.1) is 16.5 Å². The topological polar surface area (TPSA) is 80.7 Å². The summed E-state index contributed by atoms with van der Waals surface area (Å²) in [6.45, 7) is 6.41. The zero-order chi connectivity index (χ0) is 32.5. The molecule has 0 aliphatic heterocycles. The molecule has 0 radical (unpaired) electrons. The number of rotatable bonds is 8. The third-order valence-corrected chi connectivity index (χ3v) is 9.78. The predicted octanol–water partition coefficient (Wildman–Crippen LogP) is 8.31. The van der Waals surface area contributed by atoms with Crippen LogP contribution >= 0.6 is 0 Å². The van der Waals surface area contributed by atoms with Gasteiger partial charge in [0.15, 0.2) is 14.7 Å². The molecule has 0 spiro atoms. The van der Waals surface area contributed by atoms with Crippen LogP contribution in [0.1, 0.15) is 36.7 Å². The molecule has 2 atom stereocenters. The minimum atomic E-state index is -6.55. The number of esters is 1. The van der Waals surface area contributed by atoms with Crippen LogP contribution in [0.15, 0.2) is 118 Å². The maximum absolute atomic E-state index is 13.9. The number of hydrogen-bond donors (Lipinski definition) is 1. The second-order valence-electron chi connectivity index (χ2n) is 10.9. The van der Waals surface area contributed by atoms with Gasteiger partial charge in [-0.05, 0) is 82.8 Å². The Hall–Kier alpha value is -3.74. The highest BCUT2D eigenvalue weighted by molar-refractivity contribution is 7.97. The van der Waals surface area contributed by atoms with E-state index in [1.807, 2.05) is 54.6 Å². The summed E-state index contributed by atoms with van der Waals surface area (Å²) in [7, 11) is -7.28. The molecule has 0 saturated heterocycles. The summed E-state index contributed by atoms with van der Waals surface area (Å²) in [6, 6.07) is 30.6. The van der Waals surface area contributed by atoms with Crippen LogP contribution in [0.5, 0.6) is 0 Å². The van der Waals surface area contributed by atoms with Crippen LogP contribution in [0.2, 0.25) is 0 Å². The van der Waals surface area contributed by atoms with E-state index in [9.17, 15) is 35.2 Å². The molecule has 0 aromatic heterocycles. The lowest BCUT2D eigenvalue weighted by molar-refractivity contribution is -0.248. The molecule has 4 rings (SSSR count). The van der Waals surface area contributed by atoms with Crippen molar-refractivity contribution < 1.29 is 44.5 Å². The number of hydrogen-bond acceptors (Lipinski definition) is 4. The summed E-state index contributed by atoms with van der Waals surface area (Å²) in [5, 5.41) is -5.82. The minimum absolute atomic E-state index is 0.0178. The Labute approximate surface area is 254 Å². The van der Waals surface area contributed by atoms with Crippen molar-refractivity contribution in [1.82, 2.24) is 0 Å². The molecule has 44 heavy (non-hydrogen) atoms. The van der Waals surface area contributed by atoms with E-state index in [1.54, 1.807) is 0 Å². The highest BCUT2D eigenvalue weighted by Gasteiger charge is 2.66. The van der Waals surface area contributed by atoms with Crippen LogP contribution in [-0.4, -0.2) is 36.5 Å². The van der Waals surface area contributed by atoms with Crippen LogP contribution in [0.4, 0.5) is 22.0 Å².